The van der Waals surface area contributed by atoms with E-state index in [9.17, 15) is 25.0 Å². The van der Waals surface area contributed by atoms with Gasteiger partial charge < -0.3 is 15.2 Å². The number of carbonyl (C=O) groups is 1. The fourth-order valence-corrected chi connectivity index (χ4v) is 1.54. The van der Waals surface area contributed by atoms with Gasteiger partial charge in [0.25, 0.3) is 5.69 Å². The van der Waals surface area contributed by atoms with Crippen LogP contribution in [0.4, 0.5) is 11.5 Å². The summed E-state index contributed by atoms with van der Waals surface area (Å²) in [6.07, 6.45) is 1.14. The molecular weight excluding hydrogens is 272 g/mol. The number of aromatic carboxylic acids is 1. The highest BCUT2D eigenvalue weighted by atomic mass is 16.6. The van der Waals surface area contributed by atoms with Gasteiger partial charge in [-0.2, -0.15) is 0 Å². The lowest BCUT2D eigenvalue weighted by Gasteiger charge is -2.01. The molecule has 0 saturated carbocycles. The molecule has 0 aliphatic rings. The molecule has 2 aromatic rings. The maximum atomic E-state index is 10.9. The number of carboxylic acids is 1. The zero-order chi connectivity index (χ0) is 14.9. The third-order valence-electron chi connectivity index (χ3n) is 2.43. The molecule has 0 aliphatic heterocycles. The Morgan fingerprint density at radius 2 is 1.90 bits per heavy atom. The van der Waals surface area contributed by atoms with E-state index < -0.39 is 27.3 Å². The molecule has 0 amide bonds. The Morgan fingerprint density at radius 3 is 2.40 bits per heavy atom. The van der Waals surface area contributed by atoms with Crippen LogP contribution in [0.5, 0.6) is 0 Å². The topological polar surface area (TPSA) is 141 Å². The van der Waals surface area contributed by atoms with Crippen LogP contribution < -0.4 is 0 Å². The fourth-order valence-electron chi connectivity index (χ4n) is 1.54. The highest BCUT2D eigenvalue weighted by Crippen LogP contribution is 2.24. The first-order valence-corrected chi connectivity index (χ1v) is 5.12. The predicted octanol–water partition coefficient (Wildman–Crippen LogP) is 1.39. The average molecular weight is 278 g/mol. The summed E-state index contributed by atoms with van der Waals surface area (Å²) >= 11 is 0. The summed E-state index contributed by atoms with van der Waals surface area (Å²) in [5.74, 6) is -1.78. The smallest absolute Gasteiger partial charge is 0.390 e. The van der Waals surface area contributed by atoms with E-state index in [-0.39, 0.29) is 11.3 Å². The Labute approximate surface area is 110 Å². The molecule has 0 bridgehead atoms. The van der Waals surface area contributed by atoms with Crippen LogP contribution in [-0.4, -0.2) is 30.7 Å². The van der Waals surface area contributed by atoms with E-state index in [0.29, 0.717) is 0 Å². The van der Waals surface area contributed by atoms with Gasteiger partial charge in [0.05, 0.1) is 27.8 Å². The molecule has 20 heavy (non-hydrogen) atoms. The van der Waals surface area contributed by atoms with E-state index in [1.54, 1.807) is 0 Å². The predicted molar refractivity (Wildman–Crippen MR) is 63.8 cm³/mol. The minimum Gasteiger partial charge on any atom is -0.478 e. The highest BCUT2D eigenvalue weighted by molar-refractivity contribution is 5.89. The van der Waals surface area contributed by atoms with Gasteiger partial charge in [-0.3, -0.25) is 10.1 Å². The molecule has 1 heterocycles. The zero-order valence-electron chi connectivity index (χ0n) is 9.66. The monoisotopic (exact) mass is 278 g/mol. The Hall–Kier alpha value is -3.30. The summed E-state index contributed by atoms with van der Waals surface area (Å²) in [6.45, 7) is 0. The quantitative estimate of drug-likeness (QED) is 0.657. The summed E-state index contributed by atoms with van der Waals surface area (Å²) in [7, 11) is 0. The van der Waals surface area contributed by atoms with Crippen molar-refractivity contribution in [1.29, 1.82) is 0 Å². The van der Waals surface area contributed by atoms with Gasteiger partial charge in [-0.15, -0.1) is 4.68 Å². The number of carboxylic acid groups (broad SMARTS) is 1. The van der Waals surface area contributed by atoms with Crippen LogP contribution in [0.2, 0.25) is 0 Å². The van der Waals surface area contributed by atoms with Crippen molar-refractivity contribution in [2.45, 2.75) is 0 Å². The van der Waals surface area contributed by atoms with Crippen LogP contribution in [0.15, 0.2) is 30.5 Å². The molecule has 1 aromatic heterocycles. The number of rotatable bonds is 4. The van der Waals surface area contributed by atoms with Crippen LogP contribution in [0.1, 0.15) is 10.4 Å². The van der Waals surface area contributed by atoms with Crippen molar-refractivity contribution < 1.29 is 19.7 Å². The Kier molecular flexibility index (Phi) is 3.13. The van der Waals surface area contributed by atoms with Crippen molar-refractivity contribution in [3.05, 3.63) is 56.3 Å². The second-order valence-electron chi connectivity index (χ2n) is 3.64. The van der Waals surface area contributed by atoms with Gasteiger partial charge in [-0.25, -0.2) is 4.79 Å². The molecule has 1 aromatic carbocycles. The standard InChI is InChI=1S/C10H6N4O6/c15-10(16)6-1-2-7(13(17)18)8(5-6)12-4-3-9(11-12)14(19)20/h1-5H,(H,15,16). The normalized spacial score (nSPS) is 10.2. The van der Waals surface area contributed by atoms with E-state index in [1.165, 1.54) is 0 Å². The van der Waals surface area contributed by atoms with Gasteiger partial charge >= 0.3 is 11.8 Å². The van der Waals surface area contributed by atoms with Crippen molar-refractivity contribution in [1.82, 2.24) is 9.78 Å². The van der Waals surface area contributed by atoms with Crippen molar-refractivity contribution in [2.75, 3.05) is 0 Å². The minimum absolute atomic E-state index is 0.164. The summed E-state index contributed by atoms with van der Waals surface area (Å²) in [5, 5.41) is 33.9. The zero-order valence-corrected chi connectivity index (χ0v) is 9.66. The SMILES string of the molecule is O=C(O)c1ccc([N+](=O)[O-])c(-n2ccc([N+](=O)[O-])n2)c1. The first kappa shape index (κ1) is 13.1. The van der Waals surface area contributed by atoms with Gasteiger partial charge in [-0.05, 0) is 17.1 Å². The number of aromatic nitrogens is 2. The Bertz CT molecular complexity index is 722. The largest absolute Gasteiger partial charge is 0.478 e. The highest BCUT2D eigenvalue weighted by Gasteiger charge is 2.22. The van der Waals surface area contributed by atoms with E-state index in [4.69, 9.17) is 5.11 Å². The maximum Gasteiger partial charge on any atom is 0.390 e. The molecule has 0 saturated heterocycles. The average Bonchev–Trinajstić information content (AvgIpc) is 2.87. The lowest BCUT2D eigenvalue weighted by atomic mass is 10.2. The van der Waals surface area contributed by atoms with E-state index in [2.05, 4.69) is 5.10 Å². The number of nitrogens with zero attached hydrogens (tertiary/aromatic N) is 4. The maximum absolute atomic E-state index is 10.9. The van der Waals surface area contributed by atoms with Gasteiger partial charge in [-0.1, -0.05) is 0 Å². The van der Waals surface area contributed by atoms with Crippen LogP contribution >= 0.6 is 0 Å². The molecule has 0 aliphatic carbocycles. The van der Waals surface area contributed by atoms with Crippen molar-refractivity contribution in [2.24, 2.45) is 0 Å². The van der Waals surface area contributed by atoms with Crippen LogP contribution in [0, 0.1) is 20.2 Å². The molecule has 0 spiro atoms. The molecule has 2 rings (SSSR count). The molecule has 0 unspecified atom stereocenters. The number of hydrogen-bond donors (Lipinski definition) is 1. The third kappa shape index (κ3) is 2.29. The van der Waals surface area contributed by atoms with Gasteiger partial charge in [0.2, 0.25) is 0 Å². The summed E-state index contributed by atoms with van der Waals surface area (Å²) in [5.41, 5.74) is -0.764. The van der Waals surface area contributed by atoms with E-state index in [1.807, 2.05) is 0 Å². The number of benzene rings is 1. The number of nitro groups is 2. The molecule has 0 fully saturated rings. The van der Waals surface area contributed by atoms with Crippen LogP contribution in [0.25, 0.3) is 5.69 Å². The second kappa shape index (κ2) is 4.76. The molecule has 10 heteroatoms. The lowest BCUT2D eigenvalue weighted by Crippen LogP contribution is -2.05. The van der Waals surface area contributed by atoms with Crippen molar-refractivity contribution in [3.63, 3.8) is 0 Å². The van der Waals surface area contributed by atoms with E-state index >= 15 is 0 Å². The summed E-state index contributed by atoms with van der Waals surface area (Å²) in [6, 6.07) is 4.16. The third-order valence-corrected chi connectivity index (χ3v) is 2.43. The second-order valence-corrected chi connectivity index (χ2v) is 3.64. The Morgan fingerprint density at radius 1 is 1.20 bits per heavy atom. The molecule has 1 N–H and O–H groups in total. The van der Waals surface area contributed by atoms with Crippen molar-refractivity contribution >= 4 is 17.5 Å². The van der Waals surface area contributed by atoms with Crippen LogP contribution in [0.3, 0.4) is 0 Å². The number of hydrogen-bond acceptors (Lipinski definition) is 6. The van der Waals surface area contributed by atoms with E-state index in [0.717, 1.165) is 35.1 Å². The lowest BCUT2D eigenvalue weighted by molar-refractivity contribution is -0.389. The van der Waals surface area contributed by atoms with Gasteiger partial charge in [0.15, 0.2) is 5.69 Å². The molecule has 0 radical (unpaired) electrons. The molecule has 102 valence electrons. The summed E-state index contributed by atoms with van der Waals surface area (Å²) < 4.78 is 0.892. The fraction of sp³-hybridized carbons (Fsp3) is 0. The first-order valence-electron chi connectivity index (χ1n) is 5.12. The molecular formula is C10H6N4O6. The summed E-state index contributed by atoms with van der Waals surface area (Å²) in [4.78, 5) is 30.8. The minimum atomic E-state index is -1.28. The van der Waals surface area contributed by atoms with Gasteiger partial charge in [0, 0.05) is 6.07 Å². The Balaban J connectivity index is 2.62. The first-order chi connectivity index (χ1) is 9.40. The molecule has 0 atom stereocenters. The molecule has 10 nitrogen and oxygen atoms in total. The number of nitro benzene ring substituents is 1. The van der Waals surface area contributed by atoms with Crippen LogP contribution in [-0.2, 0) is 0 Å². The van der Waals surface area contributed by atoms with Crippen molar-refractivity contribution in [3.8, 4) is 5.69 Å². The van der Waals surface area contributed by atoms with Gasteiger partial charge in [0.1, 0.15) is 0 Å².